The van der Waals surface area contributed by atoms with Gasteiger partial charge in [-0.1, -0.05) is 31.2 Å². The van der Waals surface area contributed by atoms with Crippen molar-refractivity contribution in [2.45, 2.75) is 45.6 Å². The van der Waals surface area contributed by atoms with E-state index in [1.807, 2.05) is 0 Å². The molecule has 1 amide bonds. The van der Waals surface area contributed by atoms with E-state index in [1.54, 1.807) is 0 Å². The highest BCUT2D eigenvalue weighted by atomic mass is 16.2. The van der Waals surface area contributed by atoms with Crippen molar-refractivity contribution < 1.29 is 4.79 Å². The molecule has 1 aromatic carbocycles. The number of fused-ring (bicyclic) bond motifs is 1. The number of carbonyl (C=O) groups is 1. The summed E-state index contributed by atoms with van der Waals surface area (Å²) in [6, 6.07) is 8.88. The number of benzene rings is 1. The average molecular weight is 286 g/mol. The number of hydrogen-bond donors (Lipinski definition) is 1. The van der Waals surface area contributed by atoms with E-state index >= 15 is 0 Å². The Bertz CT molecular complexity index is 542. The Kier molecular flexibility index (Phi) is 3.78. The highest BCUT2D eigenvalue weighted by Crippen LogP contribution is 2.38. The number of nitrogens with zero attached hydrogens (tertiary/aromatic N) is 1. The summed E-state index contributed by atoms with van der Waals surface area (Å²) in [5.41, 5.74) is 8.31. The highest BCUT2D eigenvalue weighted by molar-refractivity contribution is 5.83. The van der Waals surface area contributed by atoms with Crippen LogP contribution in [0.15, 0.2) is 24.3 Å². The van der Waals surface area contributed by atoms with Crippen molar-refractivity contribution in [2.24, 2.45) is 17.1 Å². The normalized spacial score (nSPS) is 32.0. The Morgan fingerprint density at radius 3 is 2.76 bits per heavy atom. The van der Waals surface area contributed by atoms with E-state index in [-0.39, 0.29) is 5.41 Å². The monoisotopic (exact) mass is 286 g/mol. The first-order valence-electron chi connectivity index (χ1n) is 8.11. The molecule has 3 heteroatoms. The molecule has 1 aromatic rings. The summed E-state index contributed by atoms with van der Waals surface area (Å²) >= 11 is 0. The molecule has 1 fully saturated rings. The van der Waals surface area contributed by atoms with Gasteiger partial charge in [0.05, 0.1) is 5.41 Å². The maximum Gasteiger partial charge on any atom is 0.229 e. The Balaban J connectivity index is 1.79. The van der Waals surface area contributed by atoms with Crippen molar-refractivity contribution in [3.05, 3.63) is 35.4 Å². The molecule has 0 radical (unpaired) electrons. The lowest BCUT2D eigenvalue weighted by Crippen LogP contribution is -2.46. The second kappa shape index (κ2) is 5.45. The van der Waals surface area contributed by atoms with E-state index in [2.05, 4.69) is 43.0 Å². The average Bonchev–Trinajstić information content (AvgIpc) is 2.87. The highest BCUT2D eigenvalue weighted by Gasteiger charge is 2.43. The summed E-state index contributed by atoms with van der Waals surface area (Å²) < 4.78 is 0. The molecular weight excluding hydrogens is 260 g/mol. The number of carbonyl (C=O) groups excluding carboxylic acids is 1. The fourth-order valence-corrected chi connectivity index (χ4v) is 4.02. The molecule has 0 aromatic heterocycles. The number of hydrogen-bond acceptors (Lipinski definition) is 2. The van der Waals surface area contributed by atoms with Crippen LogP contribution in [0.4, 0.5) is 0 Å². The zero-order chi connectivity index (χ0) is 15.0. The minimum atomic E-state index is -0.244. The zero-order valence-electron chi connectivity index (χ0n) is 13.1. The van der Waals surface area contributed by atoms with Crippen molar-refractivity contribution in [3.63, 3.8) is 0 Å². The van der Waals surface area contributed by atoms with Gasteiger partial charge in [0.1, 0.15) is 0 Å². The number of aryl methyl sites for hydroxylation is 1. The molecule has 1 saturated heterocycles. The van der Waals surface area contributed by atoms with Crippen LogP contribution >= 0.6 is 0 Å². The summed E-state index contributed by atoms with van der Waals surface area (Å²) in [7, 11) is 0. The quantitative estimate of drug-likeness (QED) is 0.907. The van der Waals surface area contributed by atoms with Gasteiger partial charge in [-0.05, 0) is 56.2 Å². The van der Waals surface area contributed by atoms with Gasteiger partial charge in [0.2, 0.25) is 5.91 Å². The van der Waals surface area contributed by atoms with E-state index in [0.717, 1.165) is 32.2 Å². The molecule has 1 heterocycles. The van der Waals surface area contributed by atoms with Gasteiger partial charge in [-0.3, -0.25) is 4.79 Å². The molecule has 21 heavy (non-hydrogen) atoms. The summed E-state index contributed by atoms with van der Waals surface area (Å²) in [6.07, 6.45) is 3.90. The van der Waals surface area contributed by atoms with Crippen LogP contribution in [0.2, 0.25) is 0 Å². The Morgan fingerprint density at radius 1 is 1.38 bits per heavy atom. The second-order valence-corrected chi connectivity index (χ2v) is 7.15. The SMILES string of the molecule is CC1CC(CN)CN1C(=O)C1(C)CCc2ccccc2C1. The predicted molar refractivity (Wildman–Crippen MR) is 84.9 cm³/mol. The largest absolute Gasteiger partial charge is 0.339 e. The van der Waals surface area contributed by atoms with Gasteiger partial charge in [0.25, 0.3) is 0 Å². The molecule has 0 bridgehead atoms. The minimum Gasteiger partial charge on any atom is -0.339 e. The molecule has 2 aliphatic rings. The van der Waals surface area contributed by atoms with Crippen LogP contribution in [0, 0.1) is 11.3 Å². The van der Waals surface area contributed by atoms with Crippen LogP contribution in [0.25, 0.3) is 0 Å². The number of nitrogens with two attached hydrogens (primary N) is 1. The van der Waals surface area contributed by atoms with Gasteiger partial charge in [-0.25, -0.2) is 0 Å². The van der Waals surface area contributed by atoms with Crippen LogP contribution < -0.4 is 5.73 Å². The molecule has 1 aliphatic carbocycles. The summed E-state index contributed by atoms with van der Waals surface area (Å²) in [5, 5.41) is 0. The first-order chi connectivity index (χ1) is 10.0. The van der Waals surface area contributed by atoms with Gasteiger partial charge in [0, 0.05) is 12.6 Å². The standard InChI is InChI=1S/C18H26N2O/c1-13-9-14(11-19)12-20(13)17(21)18(2)8-7-15-5-3-4-6-16(15)10-18/h3-6,13-14H,7-12,19H2,1-2H3. The lowest BCUT2D eigenvalue weighted by atomic mass is 9.72. The Hall–Kier alpha value is -1.35. The molecule has 3 nitrogen and oxygen atoms in total. The van der Waals surface area contributed by atoms with Crippen LogP contribution in [0.3, 0.4) is 0 Å². The van der Waals surface area contributed by atoms with Crippen LogP contribution in [0.5, 0.6) is 0 Å². The Morgan fingerprint density at radius 2 is 2.10 bits per heavy atom. The predicted octanol–water partition coefficient (Wildman–Crippen LogP) is 2.38. The van der Waals surface area contributed by atoms with E-state index < -0.39 is 0 Å². The van der Waals surface area contributed by atoms with Gasteiger partial charge >= 0.3 is 0 Å². The van der Waals surface area contributed by atoms with Crippen molar-refractivity contribution in [2.75, 3.05) is 13.1 Å². The number of likely N-dealkylation sites (tertiary alicyclic amines) is 1. The number of amides is 1. The molecule has 114 valence electrons. The van der Waals surface area contributed by atoms with Gasteiger partial charge in [-0.15, -0.1) is 0 Å². The van der Waals surface area contributed by atoms with E-state index in [0.29, 0.717) is 24.4 Å². The van der Waals surface area contributed by atoms with Crippen molar-refractivity contribution >= 4 is 5.91 Å². The van der Waals surface area contributed by atoms with Gasteiger partial charge in [-0.2, -0.15) is 0 Å². The molecule has 1 aliphatic heterocycles. The fourth-order valence-electron chi connectivity index (χ4n) is 4.02. The molecule has 3 atom stereocenters. The maximum atomic E-state index is 13.1. The molecule has 3 rings (SSSR count). The molecule has 3 unspecified atom stereocenters. The third-order valence-corrected chi connectivity index (χ3v) is 5.42. The second-order valence-electron chi connectivity index (χ2n) is 7.15. The van der Waals surface area contributed by atoms with Gasteiger partial charge < -0.3 is 10.6 Å². The lowest BCUT2D eigenvalue weighted by molar-refractivity contribution is -0.142. The molecular formula is C18H26N2O. The third kappa shape index (κ3) is 2.59. The number of rotatable bonds is 2. The van der Waals surface area contributed by atoms with E-state index in [4.69, 9.17) is 5.73 Å². The smallest absolute Gasteiger partial charge is 0.229 e. The van der Waals surface area contributed by atoms with Crippen molar-refractivity contribution in [1.82, 2.24) is 4.90 Å². The lowest BCUT2D eigenvalue weighted by Gasteiger charge is -2.38. The summed E-state index contributed by atoms with van der Waals surface area (Å²) in [6.45, 7) is 5.84. The third-order valence-electron chi connectivity index (χ3n) is 5.42. The van der Waals surface area contributed by atoms with Crippen molar-refractivity contribution in [1.29, 1.82) is 0 Å². The van der Waals surface area contributed by atoms with E-state index in [9.17, 15) is 4.79 Å². The summed E-state index contributed by atoms with van der Waals surface area (Å²) in [5.74, 6) is 0.809. The van der Waals surface area contributed by atoms with Crippen LogP contribution in [-0.2, 0) is 17.6 Å². The van der Waals surface area contributed by atoms with E-state index in [1.165, 1.54) is 11.1 Å². The molecule has 2 N–H and O–H groups in total. The minimum absolute atomic E-state index is 0.244. The zero-order valence-corrected chi connectivity index (χ0v) is 13.1. The van der Waals surface area contributed by atoms with Crippen molar-refractivity contribution in [3.8, 4) is 0 Å². The first-order valence-corrected chi connectivity index (χ1v) is 8.11. The fraction of sp³-hybridized carbons (Fsp3) is 0.611. The molecule has 0 saturated carbocycles. The first kappa shape index (κ1) is 14.6. The maximum absolute atomic E-state index is 13.1. The topological polar surface area (TPSA) is 46.3 Å². The Labute approximate surface area is 127 Å². The summed E-state index contributed by atoms with van der Waals surface area (Å²) in [4.78, 5) is 15.2. The van der Waals surface area contributed by atoms with Crippen LogP contribution in [-0.4, -0.2) is 29.9 Å². The molecule has 0 spiro atoms. The van der Waals surface area contributed by atoms with Crippen LogP contribution in [0.1, 0.15) is 37.8 Å². The van der Waals surface area contributed by atoms with Gasteiger partial charge in [0.15, 0.2) is 0 Å².